The molecule has 0 radical (unpaired) electrons. The van der Waals surface area contributed by atoms with Crippen molar-refractivity contribution in [2.45, 2.75) is 19.5 Å². The van der Waals surface area contributed by atoms with Gasteiger partial charge in [0.15, 0.2) is 0 Å². The van der Waals surface area contributed by atoms with Crippen LogP contribution in [-0.2, 0) is 6.18 Å². The summed E-state index contributed by atoms with van der Waals surface area (Å²) < 4.78 is 38.3. The van der Waals surface area contributed by atoms with Crippen molar-refractivity contribution in [3.05, 3.63) is 29.3 Å². The van der Waals surface area contributed by atoms with Gasteiger partial charge in [-0.2, -0.15) is 13.2 Å². The summed E-state index contributed by atoms with van der Waals surface area (Å²) in [5, 5.41) is 11.7. The summed E-state index contributed by atoms with van der Waals surface area (Å²) in [5.41, 5.74) is -1.54. The second-order valence-corrected chi connectivity index (χ2v) is 4.92. The minimum Gasteiger partial charge on any atom is -0.478 e. The maximum absolute atomic E-state index is 12.8. The summed E-state index contributed by atoms with van der Waals surface area (Å²) in [6.45, 7) is 2.70. The van der Waals surface area contributed by atoms with Crippen LogP contribution < -0.4 is 5.32 Å². The second kappa shape index (κ2) is 4.75. The summed E-state index contributed by atoms with van der Waals surface area (Å²) >= 11 is 0. The lowest BCUT2D eigenvalue weighted by molar-refractivity contribution is -0.138. The fraction of sp³-hybridized carbons (Fsp3) is 0.462. The van der Waals surface area contributed by atoms with Crippen LogP contribution in [0.5, 0.6) is 0 Å². The first-order valence-corrected chi connectivity index (χ1v) is 5.97. The Bertz CT molecular complexity index is 499. The zero-order chi connectivity index (χ0) is 14.2. The fourth-order valence-corrected chi connectivity index (χ4v) is 2.01. The van der Waals surface area contributed by atoms with Crippen LogP contribution in [0.25, 0.3) is 0 Å². The molecule has 19 heavy (non-hydrogen) atoms. The van der Waals surface area contributed by atoms with E-state index in [9.17, 15) is 18.0 Å². The number of nitrogens with one attached hydrogen (secondary N) is 1. The van der Waals surface area contributed by atoms with Gasteiger partial charge in [-0.1, -0.05) is 6.92 Å². The number of hydrogen-bond donors (Lipinski definition) is 2. The van der Waals surface area contributed by atoms with Crippen molar-refractivity contribution in [3.8, 4) is 0 Å². The summed E-state index contributed by atoms with van der Waals surface area (Å²) in [7, 11) is 0. The lowest BCUT2D eigenvalue weighted by Crippen LogP contribution is -2.14. The number of carbonyl (C=O) groups is 1. The SMILES string of the molecule is CC1CC1CNc1ccc(C(=O)O)c(C(F)(F)F)c1. The zero-order valence-corrected chi connectivity index (χ0v) is 10.3. The molecule has 1 fully saturated rings. The molecular weight excluding hydrogens is 259 g/mol. The number of anilines is 1. The van der Waals surface area contributed by atoms with Crippen LogP contribution in [0.15, 0.2) is 18.2 Å². The quantitative estimate of drug-likeness (QED) is 0.883. The van der Waals surface area contributed by atoms with E-state index in [0.717, 1.165) is 18.6 Å². The van der Waals surface area contributed by atoms with Crippen molar-refractivity contribution in [1.29, 1.82) is 0 Å². The Labute approximate surface area is 108 Å². The van der Waals surface area contributed by atoms with Crippen LogP contribution in [-0.4, -0.2) is 17.6 Å². The Hall–Kier alpha value is -1.72. The summed E-state index contributed by atoms with van der Waals surface area (Å²) in [6.07, 6.45) is -3.59. The summed E-state index contributed by atoms with van der Waals surface area (Å²) in [4.78, 5) is 10.8. The molecule has 3 nitrogen and oxygen atoms in total. The van der Waals surface area contributed by atoms with E-state index in [4.69, 9.17) is 5.11 Å². The highest BCUT2D eigenvalue weighted by Gasteiger charge is 2.36. The monoisotopic (exact) mass is 273 g/mol. The van der Waals surface area contributed by atoms with E-state index in [1.165, 1.54) is 6.07 Å². The molecule has 2 N–H and O–H groups in total. The van der Waals surface area contributed by atoms with Gasteiger partial charge in [0.1, 0.15) is 0 Å². The molecular formula is C13H14F3NO2. The minimum atomic E-state index is -4.67. The van der Waals surface area contributed by atoms with Crippen molar-refractivity contribution in [1.82, 2.24) is 0 Å². The number of carboxylic acids is 1. The van der Waals surface area contributed by atoms with Gasteiger partial charge >= 0.3 is 12.1 Å². The highest BCUT2D eigenvalue weighted by atomic mass is 19.4. The van der Waals surface area contributed by atoms with Crippen LogP contribution in [0, 0.1) is 11.8 Å². The Morgan fingerprint density at radius 2 is 2.11 bits per heavy atom. The van der Waals surface area contributed by atoms with Crippen LogP contribution in [0.3, 0.4) is 0 Å². The van der Waals surface area contributed by atoms with Gasteiger partial charge in [0.25, 0.3) is 0 Å². The van der Waals surface area contributed by atoms with Crippen LogP contribution in [0.2, 0.25) is 0 Å². The molecule has 1 saturated carbocycles. The minimum absolute atomic E-state index is 0.302. The van der Waals surface area contributed by atoms with Gasteiger partial charge in [0, 0.05) is 12.2 Å². The molecule has 1 aliphatic rings. The zero-order valence-electron chi connectivity index (χ0n) is 10.3. The Kier molecular flexibility index (Phi) is 3.43. The van der Waals surface area contributed by atoms with Crippen molar-refractivity contribution in [2.24, 2.45) is 11.8 Å². The average Bonchev–Trinajstić information content (AvgIpc) is 3.01. The normalized spacial score (nSPS) is 22.1. The average molecular weight is 273 g/mol. The molecule has 2 unspecified atom stereocenters. The maximum Gasteiger partial charge on any atom is 0.417 e. The van der Waals surface area contributed by atoms with Crippen molar-refractivity contribution < 1.29 is 23.1 Å². The first-order chi connectivity index (χ1) is 8.79. The van der Waals surface area contributed by atoms with Gasteiger partial charge in [-0.05, 0) is 36.5 Å². The van der Waals surface area contributed by atoms with Crippen molar-refractivity contribution in [2.75, 3.05) is 11.9 Å². The number of benzene rings is 1. The molecule has 6 heteroatoms. The number of rotatable bonds is 4. The molecule has 2 atom stereocenters. The molecule has 104 valence electrons. The topological polar surface area (TPSA) is 49.3 Å². The molecule has 0 aliphatic heterocycles. The van der Waals surface area contributed by atoms with E-state index in [0.29, 0.717) is 24.1 Å². The number of carboxylic acid groups (broad SMARTS) is 1. The number of alkyl halides is 3. The van der Waals surface area contributed by atoms with E-state index in [1.54, 1.807) is 0 Å². The van der Waals surface area contributed by atoms with E-state index in [2.05, 4.69) is 12.2 Å². The predicted octanol–water partition coefficient (Wildman–Crippen LogP) is 3.47. The molecule has 0 spiro atoms. The summed E-state index contributed by atoms with van der Waals surface area (Å²) in [5.74, 6) is -0.476. The number of hydrogen-bond acceptors (Lipinski definition) is 2. The number of halogens is 3. The lowest BCUT2D eigenvalue weighted by atomic mass is 10.1. The molecule has 0 heterocycles. The largest absolute Gasteiger partial charge is 0.478 e. The lowest BCUT2D eigenvalue weighted by Gasteiger charge is -2.13. The van der Waals surface area contributed by atoms with Crippen LogP contribution >= 0.6 is 0 Å². The Balaban J connectivity index is 2.20. The first-order valence-electron chi connectivity index (χ1n) is 5.97. The summed E-state index contributed by atoms with van der Waals surface area (Å²) in [6, 6.07) is 3.21. The first kappa shape index (κ1) is 13.7. The smallest absolute Gasteiger partial charge is 0.417 e. The van der Waals surface area contributed by atoms with Gasteiger partial charge < -0.3 is 10.4 Å². The van der Waals surface area contributed by atoms with Crippen LogP contribution in [0.1, 0.15) is 29.3 Å². The second-order valence-electron chi connectivity index (χ2n) is 4.92. The third-order valence-corrected chi connectivity index (χ3v) is 3.40. The molecule has 1 aliphatic carbocycles. The molecule has 0 amide bonds. The van der Waals surface area contributed by atoms with Crippen molar-refractivity contribution >= 4 is 11.7 Å². The van der Waals surface area contributed by atoms with Gasteiger partial charge in [-0.15, -0.1) is 0 Å². The van der Waals surface area contributed by atoms with Gasteiger partial charge in [0.2, 0.25) is 0 Å². The molecule has 1 aromatic rings. The molecule has 0 saturated heterocycles. The van der Waals surface area contributed by atoms with E-state index >= 15 is 0 Å². The Morgan fingerprint density at radius 1 is 1.47 bits per heavy atom. The van der Waals surface area contributed by atoms with Crippen LogP contribution in [0.4, 0.5) is 18.9 Å². The fourth-order valence-electron chi connectivity index (χ4n) is 2.01. The molecule has 0 aromatic heterocycles. The van der Waals surface area contributed by atoms with Gasteiger partial charge in [-0.3, -0.25) is 0 Å². The third-order valence-electron chi connectivity index (χ3n) is 3.40. The van der Waals surface area contributed by atoms with Gasteiger partial charge in [0.05, 0.1) is 11.1 Å². The van der Waals surface area contributed by atoms with E-state index in [-0.39, 0.29) is 0 Å². The Morgan fingerprint density at radius 3 is 2.58 bits per heavy atom. The maximum atomic E-state index is 12.8. The highest BCUT2D eigenvalue weighted by molar-refractivity contribution is 5.90. The molecule has 1 aromatic carbocycles. The standard InChI is InChI=1S/C13H14F3NO2/c1-7-4-8(7)6-17-9-2-3-10(12(18)19)11(5-9)13(14,15)16/h2-3,5,7-8,17H,4,6H2,1H3,(H,18,19). The molecule has 2 rings (SSSR count). The van der Waals surface area contributed by atoms with Crippen molar-refractivity contribution in [3.63, 3.8) is 0 Å². The molecule has 0 bridgehead atoms. The highest BCUT2D eigenvalue weighted by Crippen LogP contribution is 2.38. The third kappa shape index (κ3) is 3.19. The van der Waals surface area contributed by atoms with E-state index in [1.807, 2.05) is 0 Å². The predicted molar refractivity (Wildman–Crippen MR) is 64.2 cm³/mol. The number of aromatic carboxylic acids is 1. The van der Waals surface area contributed by atoms with Gasteiger partial charge in [-0.25, -0.2) is 4.79 Å². The van der Waals surface area contributed by atoms with E-state index < -0.39 is 23.3 Å².